The highest BCUT2D eigenvalue weighted by Crippen LogP contribution is 2.29. The van der Waals surface area contributed by atoms with Crippen molar-refractivity contribution in [1.29, 1.82) is 5.26 Å². The van der Waals surface area contributed by atoms with Crippen LogP contribution in [0.1, 0.15) is 34.0 Å². The van der Waals surface area contributed by atoms with Crippen molar-refractivity contribution in [2.75, 3.05) is 19.8 Å². The molecule has 36 heavy (non-hydrogen) atoms. The Labute approximate surface area is 217 Å². The third-order valence-corrected chi connectivity index (χ3v) is 5.67. The molecule has 2 rings (SSSR count). The number of hydrogen-bond donors (Lipinski definition) is 7. The van der Waals surface area contributed by atoms with E-state index in [0.29, 0.717) is 24.0 Å². The van der Waals surface area contributed by atoms with Crippen molar-refractivity contribution >= 4 is 35.1 Å². The van der Waals surface area contributed by atoms with Crippen molar-refractivity contribution in [3.8, 4) is 11.9 Å². The van der Waals surface area contributed by atoms with Gasteiger partial charge in [-0.2, -0.15) is 5.26 Å². The summed E-state index contributed by atoms with van der Waals surface area (Å²) in [6.07, 6.45) is 0.548. The number of phenols is 1. The number of nitrogens with one attached hydrogen (secondary N) is 4. The van der Waals surface area contributed by atoms with Gasteiger partial charge in [0.2, 0.25) is 0 Å². The highest BCUT2D eigenvalue weighted by molar-refractivity contribution is 6.39. The van der Waals surface area contributed by atoms with Crippen LogP contribution in [0.15, 0.2) is 36.4 Å². The van der Waals surface area contributed by atoms with Crippen molar-refractivity contribution in [3.05, 3.63) is 63.1 Å². The Morgan fingerprint density at radius 3 is 2.42 bits per heavy atom. The Balaban J connectivity index is 2.05. The van der Waals surface area contributed by atoms with Gasteiger partial charge >= 0.3 is 5.97 Å². The maximum Gasteiger partial charge on any atom is 0.327 e. The molecule has 0 aromatic heterocycles. The van der Waals surface area contributed by atoms with E-state index in [1.165, 1.54) is 24.3 Å². The van der Waals surface area contributed by atoms with Crippen LogP contribution in [-0.4, -0.2) is 59.3 Å². The molecule has 0 spiro atoms. The zero-order valence-corrected chi connectivity index (χ0v) is 20.5. The number of halogens is 3. The lowest BCUT2D eigenvalue weighted by Crippen LogP contribution is -2.57. The summed E-state index contributed by atoms with van der Waals surface area (Å²) in [6, 6.07) is 7.84. The lowest BCUT2D eigenvalue weighted by molar-refractivity contribution is -0.139. The van der Waals surface area contributed by atoms with Gasteiger partial charge in [-0.15, -0.1) is 0 Å². The minimum absolute atomic E-state index is 0.00687. The third-order valence-electron chi connectivity index (χ3n) is 5.07. The van der Waals surface area contributed by atoms with E-state index in [0.717, 1.165) is 0 Å². The van der Waals surface area contributed by atoms with E-state index in [1.807, 2.05) is 0 Å². The van der Waals surface area contributed by atoms with Crippen molar-refractivity contribution in [3.63, 3.8) is 0 Å². The smallest absolute Gasteiger partial charge is 0.327 e. The van der Waals surface area contributed by atoms with Gasteiger partial charge in [-0.25, -0.2) is 9.18 Å². The molecular weight excluding hydrogens is 516 g/mol. The van der Waals surface area contributed by atoms with Crippen LogP contribution in [0.2, 0.25) is 10.0 Å². The number of benzene rings is 2. The molecule has 1 amide bonds. The minimum atomic E-state index is -1.42. The van der Waals surface area contributed by atoms with Gasteiger partial charge in [0.1, 0.15) is 24.8 Å². The first-order chi connectivity index (χ1) is 17.2. The molecule has 13 heteroatoms. The van der Waals surface area contributed by atoms with Crippen LogP contribution in [0.25, 0.3) is 0 Å². The Hall–Kier alpha value is -3.14. The van der Waals surface area contributed by atoms with E-state index in [9.17, 15) is 29.3 Å². The quantitative estimate of drug-likeness (QED) is 0.107. The zero-order valence-electron chi connectivity index (χ0n) is 19.0. The molecule has 0 heterocycles. The number of hydrogen-bond acceptors (Lipinski definition) is 8. The molecule has 0 aliphatic heterocycles. The molecule has 0 saturated heterocycles. The second-order valence-corrected chi connectivity index (χ2v) is 8.50. The molecule has 0 aliphatic rings. The first-order valence-corrected chi connectivity index (χ1v) is 11.6. The molecule has 0 saturated carbocycles. The van der Waals surface area contributed by atoms with Gasteiger partial charge < -0.3 is 20.6 Å². The summed E-state index contributed by atoms with van der Waals surface area (Å²) < 4.78 is 12.4. The van der Waals surface area contributed by atoms with Gasteiger partial charge in [0.25, 0.3) is 5.91 Å². The number of amides is 1. The molecule has 0 aliphatic carbocycles. The SMILES string of the molecule is N#CNC(NCCF)NC[C@H](NC(=O)c1c(Cl)cc(CCC(O)c2cccc(O)c2)cc1Cl)C(=O)O. The highest BCUT2D eigenvalue weighted by Gasteiger charge is 2.25. The third kappa shape index (κ3) is 8.82. The monoisotopic (exact) mass is 541 g/mol. The number of nitrogens with zero attached hydrogens (tertiary/aromatic N) is 1. The number of carbonyl (C=O) groups is 2. The topological polar surface area (TPSA) is 167 Å². The Bertz CT molecular complexity index is 1080. The van der Waals surface area contributed by atoms with E-state index in [-0.39, 0.29) is 34.4 Å². The molecule has 7 N–H and O–H groups in total. The van der Waals surface area contributed by atoms with Crippen LogP contribution < -0.4 is 21.3 Å². The number of carboxylic acids is 1. The predicted molar refractivity (Wildman–Crippen MR) is 131 cm³/mol. The number of aliphatic hydroxyl groups is 1. The minimum Gasteiger partial charge on any atom is -0.508 e. The van der Waals surface area contributed by atoms with Crippen LogP contribution in [0.5, 0.6) is 5.75 Å². The lowest BCUT2D eigenvalue weighted by Gasteiger charge is -2.22. The largest absolute Gasteiger partial charge is 0.508 e. The van der Waals surface area contributed by atoms with Gasteiger partial charge in [0.05, 0.1) is 21.7 Å². The van der Waals surface area contributed by atoms with E-state index >= 15 is 0 Å². The summed E-state index contributed by atoms with van der Waals surface area (Å²) in [5.41, 5.74) is 1.06. The molecule has 0 radical (unpaired) electrons. The number of rotatable bonds is 14. The standard InChI is InChI=1S/C23H26Cl2FN5O5/c24-16-8-13(4-5-19(33)14-2-1-3-15(32)10-14)9-17(25)20(16)21(34)31-18(22(35)36)11-29-23(30-12-27)28-7-6-26/h1-3,8-10,18-19,23,28-30,32-33H,4-7,11H2,(H,31,34)(H,35,36)/t18-,19?,23?/m0/s1. The maximum absolute atomic E-state index is 12.8. The molecule has 194 valence electrons. The van der Waals surface area contributed by atoms with Crippen LogP contribution in [-0.2, 0) is 11.2 Å². The average molecular weight is 542 g/mol. The fourth-order valence-corrected chi connectivity index (χ4v) is 4.00. The number of aromatic hydroxyl groups is 1. The highest BCUT2D eigenvalue weighted by atomic mass is 35.5. The summed E-state index contributed by atoms with van der Waals surface area (Å²) in [6.45, 7) is -1.09. The summed E-state index contributed by atoms with van der Waals surface area (Å²) >= 11 is 12.6. The normalized spacial score (nSPS) is 13.3. The van der Waals surface area contributed by atoms with Crippen LogP contribution in [0, 0.1) is 11.5 Å². The Morgan fingerprint density at radius 2 is 1.83 bits per heavy atom. The second kappa shape index (κ2) is 14.4. The van der Waals surface area contributed by atoms with E-state index in [4.69, 9.17) is 28.5 Å². The lowest BCUT2D eigenvalue weighted by atomic mass is 10.00. The van der Waals surface area contributed by atoms with E-state index in [1.54, 1.807) is 18.3 Å². The molecule has 3 atom stereocenters. The van der Waals surface area contributed by atoms with E-state index < -0.39 is 37.0 Å². The number of alkyl halides is 1. The number of aryl methyl sites for hydroxylation is 1. The molecule has 2 unspecified atom stereocenters. The number of nitriles is 1. The Morgan fingerprint density at radius 1 is 1.14 bits per heavy atom. The summed E-state index contributed by atoms with van der Waals surface area (Å²) in [5, 5.41) is 48.0. The van der Waals surface area contributed by atoms with Crippen LogP contribution in [0.3, 0.4) is 0 Å². The first kappa shape index (κ1) is 29.1. The van der Waals surface area contributed by atoms with Crippen LogP contribution >= 0.6 is 23.2 Å². The first-order valence-electron chi connectivity index (χ1n) is 10.8. The number of phenolic OH excluding ortho intramolecular Hbond substituents is 1. The number of aliphatic hydroxyl groups excluding tert-OH is 1. The Kier molecular flexibility index (Phi) is 11.7. The van der Waals surface area contributed by atoms with Crippen molar-refractivity contribution in [2.24, 2.45) is 0 Å². The average Bonchev–Trinajstić information content (AvgIpc) is 2.82. The molecular formula is C23H26Cl2FN5O5. The molecule has 0 fully saturated rings. The number of carboxylic acid groups (broad SMARTS) is 1. The van der Waals surface area contributed by atoms with Gasteiger partial charge in [-0.1, -0.05) is 35.3 Å². The van der Waals surface area contributed by atoms with Gasteiger partial charge in [0.15, 0.2) is 6.19 Å². The second-order valence-electron chi connectivity index (χ2n) is 7.69. The van der Waals surface area contributed by atoms with Gasteiger partial charge in [-0.3, -0.25) is 20.7 Å². The zero-order chi connectivity index (χ0) is 26.7. The van der Waals surface area contributed by atoms with Gasteiger partial charge in [0, 0.05) is 13.1 Å². The van der Waals surface area contributed by atoms with E-state index in [2.05, 4.69) is 21.3 Å². The summed E-state index contributed by atoms with van der Waals surface area (Å²) in [4.78, 5) is 24.4. The van der Waals surface area contributed by atoms with Crippen LogP contribution in [0.4, 0.5) is 4.39 Å². The maximum atomic E-state index is 12.8. The summed E-state index contributed by atoms with van der Waals surface area (Å²) in [7, 11) is 0. The molecule has 0 bridgehead atoms. The fraction of sp³-hybridized carbons (Fsp3) is 0.348. The van der Waals surface area contributed by atoms with Gasteiger partial charge in [-0.05, 0) is 48.2 Å². The summed E-state index contributed by atoms with van der Waals surface area (Å²) in [5.74, 6) is -2.15. The van der Waals surface area contributed by atoms with Crippen molar-refractivity contribution in [1.82, 2.24) is 21.3 Å². The molecule has 10 nitrogen and oxygen atoms in total. The molecule has 2 aromatic rings. The molecule has 2 aromatic carbocycles. The predicted octanol–water partition coefficient (Wildman–Crippen LogP) is 2.05. The number of aliphatic carboxylic acids is 1. The fourth-order valence-electron chi connectivity index (χ4n) is 3.29. The number of carbonyl (C=O) groups excluding carboxylic acids is 1. The van der Waals surface area contributed by atoms with Crippen molar-refractivity contribution < 1.29 is 29.3 Å². The van der Waals surface area contributed by atoms with Crippen molar-refractivity contribution in [2.45, 2.75) is 31.3 Å².